The van der Waals surface area contributed by atoms with Crippen LogP contribution in [0.3, 0.4) is 0 Å². The van der Waals surface area contributed by atoms with Crippen LogP contribution in [0.15, 0.2) is 72.8 Å². The van der Waals surface area contributed by atoms with Crippen LogP contribution >= 0.6 is 0 Å². The average molecular weight is 550 g/mol. The lowest BCUT2D eigenvalue weighted by atomic mass is 9.90. The van der Waals surface area contributed by atoms with Gasteiger partial charge < -0.3 is 40.3 Å². The van der Waals surface area contributed by atoms with E-state index in [-0.39, 0.29) is 36.5 Å². The van der Waals surface area contributed by atoms with Crippen LogP contribution in [0.25, 0.3) is 0 Å². The fourth-order valence-corrected chi connectivity index (χ4v) is 4.94. The van der Waals surface area contributed by atoms with Gasteiger partial charge in [-0.1, -0.05) is 55.5 Å². The molecule has 9 nitrogen and oxygen atoms in total. The van der Waals surface area contributed by atoms with Gasteiger partial charge in [0.1, 0.15) is 5.75 Å². The van der Waals surface area contributed by atoms with Gasteiger partial charge in [0.15, 0.2) is 6.29 Å². The van der Waals surface area contributed by atoms with Crippen molar-refractivity contribution in [2.75, 3.05) is 32.0 Å². The fraction of sp³-hybridized carbons (Fsp3) is 0.387. The molecule has 0 aliphatic carbocycles. The Morgan fingerprint density at radius 2 is 1.77 bits per heavy atom. The van der Waals surface area contributed by atoms with Gasteiger partial charge >= 0.3 is 6.03 Å². The van der Waals surface area contributed by atoms with Crippen molar-refractivity contribution >= 4 is 11.7 Å². The van der Waals surface area contributed by atoms with Gasteiger partial charge in [0.05, 0.1) is 24.9 Å². The largest absolute Gasteiger partial charge is 0.508 e. The van der Waals surface area contributed by atoms with Crippen molar-refractivity contribution in [1.29, 1.82) is 0 Å². The van der Waals surface area contributed by atoms with E-state index >= 15 is 0 Å². The van der Waals surface area contributed by atoms with Crippen molar-refractivity contribution < 1.29 is 29.6 Å². The monoisotopic (exact) mass is 549 g/mol. The number of amides is 2. The third kappa shape index (κ3) is 7.59. The summed E-state index contributed by atoms with van der Waals surface area (Å²) >= 11 is 0. The summed E-state index contributed by atoms with van der Waals surface area (Å²) in [5.41, 5.74) is 3.83. The van der Waals surface area contributed by atoms with Gasteiger partial charge in [-0.25, -0.2) is 4.79 Å². The number of nitrogens with zero attached hydrogens (tertiary/aromatic N) is 1. The molecule has 40 heavy (non-hydrogen) atoms. The Bertz CT molecular complexity index is 1250. The molecule has 3 aromatic carbocycles. The minimum atomic E-state index is -0.776. The van der Waals surface area contributed by atoms with Crippen molar-refractivity contribution in [3.8, 4) is 5.75 Å². The molecule has 214 valence electrons. The van der Waals surface area contributed by atoms with Crippen LogP contribution in [-0.4, -0.2) is 59.0 Å². The number of aromatic hydroxyl groups is 1. The molecule has 0 unspecified atom stereocenters. The summed E-state index contributed by atoms with van der Waals surface area (Å²) in [5.74, 6) is 0.0793. The van der Waals surface area contributed by atoms with E-state index in [2.05, 4.69) is 17.6 Å². The van der Waals surface area contributed by atoms with Crippen molar-refractivity contribution in [2.24, 2.45) is 5.92 Å². The molecule has 1 heterocycles. The third-order valence-electron chi connectivity index (χ3n) is 7.11. The minimum Gasteiger partial charge on any atom is -0.508 e. The fourth-order valence-electron chi connectivity index (χ4n) is 4.94. The molecule has 0 spiro atoms. The lowest BCUT2D eigenvalue weighted by Gasteiger charge is -2.42. The molecular formula is C31H39N3O6. The van der Waals surface area contributed by atoms with Crippen LogP contribution in [0, 0.1) is 5.92 Å². The summed E-state index contributed by atoms with van der Waals surface area (Å²) in [5, 5.41) is 35.6. The van der Waals surface area contributed by atoms with E-state index in [0.29, 0.717) is 30.9 Å². The predicted molar refractivity (Wildman–Crippen MR) is 153 cm³/mol. The van der Waals surface area contributed by atoms with Crippen molar-refractivity contribution in [1.82, 2.24) is 10.2 Å². The number of anilines is 1. The Kier molecular flexibility index (Phi) is 10.1. The average Bonchev–Trinajstić information content (AvgIpc) is 2.94. The Labute approximate surface area is 235 Å². The number of ether oxygens (including phenoxy) is 2. The van der Waals surface area contributed by atoms with Crippen molar-refractivity contribution in [3.05, 3.63) is 95.1 Å². The molecule has 2 amide bonds. The van der Waals surface area contributed by atoms with Gasteiger partial charge in [0.2, 0.25) is 0 Å². The first-order valence-electron chi connectivity index (χ1n) is 13.6. The Balaban J connectivity index is 1.55. The number of phenolic OH excluding ortho intramolecular Hbond substituents is 1. The SMILES string of the molecule is CCNC(=O)Nc1cccc([C@H]2O[C@@H](CN(C)C[C@@H](O)c3cccc(O)c3)[C@@H](C)[C@@H](c3ccc(CO)cc3)O2)c1. The van der Waals surface area contributed by atoms with Crippen LogP contribution in [0.5, 0.6) is 5.75 Å². The molecule has 4 rings (SSSR count). The number of benzene rings is 3. The summed E-state index contributed by atoms with van der Waals surface area (Å²) in [6.45, 7) is 5.30. The molecule has 0 radical (unpaired) electrons. The number of likely N-dealkylation sites (N-methyl/N-ethyl adjacent to an activating group) is 1. The summed E-state index contributed by atoms with van der Waals surface area (Å²) in [6.07, 6.45) is -2.01. The van der Waals surface area contributed by atoms with Gasteiger partial charge in [0, 0.05) is 36.8 Å². The molecule has 3 aromatic rings. The van der Waals surface area contributed by atoms with E-state index in [1.54, 1.807) is 24.3 Å². The maximum Gasteiger partial charge on any atom is 0.319 e. The van der Waals surface area contributed by atoms with E-state index in [1.165, 1.54) is 0 Å². The van der Waals surface area contributed by atoms with Gasteiger partial charge in [-0.3, -0.25) is 0 Å². The van der Waals surface area contributed by atoms with Crippen molar-refractivity contribution in [2.45, 2.75) is 45.1 Å². The standard InChI is InChI=1S/C31H39N3O6/c1-4-32-31(38)33-25-9-5-8-24(15-25)30-39-28(18-34(3)17-27(37)23-7-6-10-26(36)16-23)20(2)29(40-30)22-13-11-21(19-35)12-14-22/h5-16,20,27-30,35-37H,4,17-19H2,1-3H3,(H2,32,33,38)/t20-,27-,28+,29+,30+/m1/s1. The summed E-state index contributed by atoms with van der Waals surface area (Å²) < 4.78 is 13.0. The first-order valence-corrected chi connectivity index (χ1v) is 13.6. The number of aliphatic hydroxyl groups is 2. The molecule has 0 bridgehead atoms. The number of nitrogens with one attached hydrogen (secondary N) is 2. The van der Waals surface area contributed by atoms with Crippen LogP contribution < -0.4 is 10.6 Å². The Morgan fingerprint density at radius 3 is 2.48 bits per heavy atom. The highest BCUT2D eigenvalue weighted by molar-refractivity contribution is 5.89. The first-order chi connectivity index (χ1) is 19.3. The molecule has 1 aliphatic heterocycles. The van der Waals surface area contributed by atoms with Crippen LogP contribution in [0.4, 0.5) is 10.5 Å². The Hall–Kier alpha value is -3.47. The van der Waals surface area contributed by atoms with Crippen LogP contribution in [0.2, 0.25) is 0 Å². The number of hydrogen-bond acceptors (Lipinski definition) is 7. The van der Waals surface area contributed by atoms with Gasteiger partial charge in [-0.15, -0.1) is 0 Å². The second kappa shape index (κ2) is 13.7. The summed E-state index contributed by atoms with van der Waals surface area (Å²) in [4.78, 5) is 14.1. The van der Waals surface area contributed by atoms with E-state index < -0.39 is 12.4 Å². The summed E-state index contributed by atoms with van der Waals surface area (Å²) in [6, 6.07) is 21.5. The number of hydrogen-bond donors (Lipinski definition) is 5. The minimum absolute atomic E-state index is 0.0340. The quantitative estimate of drug-likeness (QED) is 0.253. The molecule has 9 heteroatoms. The lowest BCUT2D eigenvalue weighted by molar-refractivity contribution is -0.276. The summed E-state index contributed by atoms with van der Waals surface area (Å²) in [7, 11) is 1.93. The van der Waals surface area contributed by atoms with E-state index in [1.807, 2.05) is 67.4 Å². The van der Waals surface area contributed by atoms with Gasteiger partial charge in [-0.2, -0.15) is 0 Å². The van der Waals surface area contributed by atoms with Crippen molar-refractivity contribution in [3.63, 3.8) is 0 Å². The maximum atomic E-state index is 12.1. The van der Waals surface area contributed by atoms with E-state index in [0.717, 1.165) is 16.7 Å². The molecule has 5 N–H and O–H groups in total. The number of rotatable bonds is 10. The predicted octanol–water partition coefficient (Wildman–Crippen LogP) is 4.48. The molecule has 0 aromatic heterocycles. The highest BCUT2D eigenvalue weighted by Gasteiger charge is 2.39. The highest BCUT2D eigenvalue weighted by atomic mass is 16.7. The van der Waals surface area contributed by atoms with Gasteiger partial charge in [0.25, 0.3) is 0 Å². The second-order valence-corrected chi connectivity index (χ2v) is 10.3. The third-order valence-corrected chi connectivity index (χ3v) is 7.11. The molecule has 1 saturated heterocycles. The zero-order chi connectivity index (χ0) is 28.6. The number of phenols is 1. The molecule has 5 atom stereocenters. The number of aliphatic hydroxyl groups excluding tert-OH is 2. The zero-order valence-corrected chi connectivity index (χ0v) is 23.2. The van der Waals surface area contributed by atoms with E-state index in [4.69, 9.17) is 9.47 Å². The number of carbonyl (C=O) groups is 1. The zero-order valence-electron chi connectivity index (χ0n) is 23.2. The normalized spacial score (nSPS) is 21.6. The first kappa shape index (κ1) is 29.5. The number of carbonyl (C=O) groups excluding carboxylic acids is 1. The smallest absolute Gasteiger partial charge is 0.319 e. The lowest BCUT2D eigenvalue weighted by Crippen LogP contribution is -2.44. The molecule has 1 fully saturated rings. The topological polar surface area (TPSA) is 124 Å². The Morgan fingerprint density at radius 1 is 1.02 bits per heavy atom. The second-order valence-electron chi connectivity index (χ2n) is 10.3. The van der Waals surface area contributed by atoms with E-state index in [9.17, 15) is 20.1 Å². The molecule has 1 aliphatic rings. The van der Waals surface area contributed by atoms with Gasteiger partial charge in [-0.05, 0) is 54.9 Å². The molecular weight excluding hydrogens is 510 g/mol. The van der Waals surface area contributed by atoms with Crippen LogP contribution in [-0.2, 0) is 16.1 Å². The highest BCUT2D eigenvalue weighted by Crippen LogP contribution is 2.42. The van der Waals surface area contributed by atoms with Crippen LogP contribution in [0.1, 0.15) is 54.6 Å². The number of urea groups is 1. The maximum absolute atomic E-state index is 12.1. The molecule has 0 saturated carbocycles.